The molecule has 2 aliphatic heterocycles. The Morgan fingerprint density at radius 2 is 1.78 bits per heavy atom. The van der Waals surface area contributed by atoms with E-state index in [9.17, 15) is 9.18 Å². The molecule has 142 valence electrons. The third-order valence-corrected chi connectivity index (χ3v) is 6.31. The maximum atomic E-state index is 13.1. The zero-order valence-corrected chi connectivity index (χ0v) is 16.3. The van der Waals surface area contributed by atoms with Gasteiger partial charge in [-0.2, -0.15) is 0 Å². The lowest BCUT2D eigenvalue weighted by atomic mass is 10.2. The van der Waals surface area contributed by atoms with Crippen molar-refractivity contribution in [2.24, 2.45) is 0 Å². The molecule has 4 nitrogen and oxygen atoms in total. The van der Waals surface area contributed by atoms with Gasteiger partial charge in [0.05, 0.1) is 12.2 Å². The SMILES string of the molecule is C[C@@H]1CN(CC(=O)N2CCN(c3ccc(F)cc3)CC2)c2ccccc2S1. The van der Waals surface area contributed by atoms with Crippen LogP contribution in [0, 0.1) is 5.82 Å². The van der Waals surface area contributed by atoms with E-state index in [2.05, 4.69) is 34.9 Å². The summed E-state index contributed by atoms with van der Waals surface area (Å²) in [4.78, 5) is 20.5. The van der Waals surface area contributed by atoms with Crippen LogP contribution in [0.15, 0.2) is 53.4 Å². The number of hydrogen-bond donors (Lipinski definition) is 0. The highest BCUT2D eigenvalue weighted by atomic mass is 32.2. The van der Waals surface area contributed by atoms with Gasteiger partial charge in [0.15, 0.2) is 0 Å². The van der Waals surface area contributed by atoms with Crippen LogP contribution in [0.3, 0.4) is 0 Å². The van der Waals surface area contributed by atoms with Gasteiger partial charge in [0, 0.05) is 48.6 Å². The number of thioether (sulfide) groups is 1. The average molecular weight is 386 g/mol. The molecule has 2 aromatic carbocycles. The lowest BCUT2D eigenvalue weighted by molar-refractivity contribution is -0.130. The molecular weight excluding hydrogens is 361 g/mol. The van der Waals surface area contributed by atoms with Crippen LogP contribution in [0.4, 0.5) is 15.8 Å². The quantitative estimate of drug-likeness (QED) is 0.808. The summed E-state index contributed by atoms with van der Waals surface area (Å²) in [6.45, 7) is 6.49. The second-order valence-corrected chi connectivity index (χ2v) is 8.60. The molecule has 1 atom stereocenters. The summed E-state index contributed by atoms with van der Waals surface area (Å²) in [7, 11) is 0. The van der Waals surface area contributed by atoms with Crippen molar-refractivity contribution in [3.05, 3.63) is 54.3 Å². The molecular formula is C21H24FN3OS. The van der Waals surface area contributed by atoms with Gasteiger partial charge in [-0.15, -0.1) is 11.8 Å². The first-order valence-corrected chi connectivity index (χ1v) is 10.3. The number of fused-ring (bicyclic) bond motifs is 1. The number of para-hydroxylation sites is 1. The summed E-state index contributed by atoms with van der Waals surface area (Å²) >= 11 is 1.88. The van der Waals surface area contributed by atoms with Gasteiger partial charge in [0.25, 0.3) is 0 Å². The zero-order valence-electron chi connectivity index (χ0n) is 15.5. The number of rotatable bonds is 3. The van der Waals surface area contributed by atoms with Crippen LogP contribution in [0.25, 0.3) is 0 Å². The molecule has 27 heavy (non-hydrogen) atoms. The van der Waals surface area contributed by atoms with Gasteiger partial charge >= 0.3 is 0 Å². The first-order valence-electron chi connectivity index (χ1n) is 9.39. The van der Waals surface area contributed by atoms with E-state index in [1.165, 1.54) is 22.7 Å². The van der Waals surface area contributed by atoms with E-state index in [4.69, 9.17) is 0 Å². The van der Waals surface area contributed by atoms with Crippen molar-refractivity contribution in [3.8, 4) is 0 Å². The largest absolute Gasteiger partial charge is 0.368 e. The zero-order chi connectivity index (χ0) is 18.8. The van der Waals surface area contributed by atoms with Gasteiger partial charge in [0.2, 0.25) is 5.91 Å². The summed E-state index contributed by atoms with van der Waals surface area (Å²) in [5, 5.41) is 0.475. The summed E-state index contributed by atoms with van der Waals surface area (Å²) in [5.41, 5.74) is 2.18. The molecule has 0 unspecified atom stereocenters. The molecule has 0 spiro atoms. The minimum absolute atomic E-state index is 0.183. The van der Waals surface area contributed by atoms with Crippen molar-refractivity contribution in [2.75, 3.05) is 49.1 Å². The molecule has 6 heteroatoms. The summed E-state index contributed by atoms with van der Waals surface area (Å²) in [6.07, 6.45) is 0. The van der Waals surface area contributed by atoms with Crippen LogP contribution in [0.1, 0.15) is 6.92 Å². The number of carbonyl (C=O) groups excluding carboxylic acids is 1. The van der Waals surface area contributed by atoms with Crippen molar-refractivity contribution >= 4 is 29.0 Å². The highest BCUT2D eigenvalue weighted by Gasteiger charge is 2.27. The van der Waals surface area contributed by atoms with Gasteiger partial charge in [-0.05, 0) is 36.4 Å². The van der Waals surface area contributed by atoms with Crippen LogP contribution in [0.5, 0.6) is 0 Å². The second-order valence-electron chi connectivity index (χ2n) is 7.12. The number of piperazine rings is 1. The number of halogens is 1. The predicted octanol–water partition coefficient (Wildman–Crippen LogP) is 3.48. The number of nitrogens with zero attached hydrogens (tertiary/aromatic N) is 3. The fourth-order valence-electron chi connectivity index (χ4n) is 3.76. The smallest absolute Gasteiger partial charge is 0.242 e. The van der Waals surface area contributed by atoms with E-state index in [-0.39, 0.29) is 11.7 Å². The fourth-order valence-corrected chi connectivity index (χ4v) is 4.92. The summed E-state index contributed by atoms with van der Waals surface area (Å²) in [5.74, 6) is -0.0376. The Balaban J connectivity index is 1.37. The third kappa shape index (κ3) is 4.05. The molecule has 2 heterocycles. The molecule has 0 aliphatic carbocycles. The average Bonchev–Trinajstić information content (AvgIpc) is 2.68. The van der Waals surface area contributed by atoms with E-state index < -0.39 is 0 Å². The maximum absolute atomic E-state index is 13.1. The van der Waals surface area contributed by atoms with Gasteiger partial charge < -0.3 is 14.7 Å². The molecule has 0 bridgehead atoms. The molecule has 1 saturated heterocycles. The molecule has 0 radical (unpaired) electrons. The molecule has 0 aromatic heterocycles. The Hall–Kier alpha value is -2.21. The molecule has 1 fully saturated rings. The number of amides is 1. The highest BCUT2D eigenvalue weighted by Crippen LogP contribution is 2.37. The monoisotopic (exact) mass is 385 g/mol. The van der Waals surface area contributed by atoms with Crippen LogP contribution < -0.4 is 9.80 Å². The maximum Gasteiger partial charge on any atom is 0.242 e. The van der Waals surface area contributed by atoms with Gasteiger partial charge in [-0.25, -0.2) is 4.39 Å². The van der Waals surface area contributed by atoms with Crippen molar-refractivity contribution < 1.29 is 9.18 Å². The Kier molecular flexibility index (Phi) is 5.25. The van der Waals surface area contributed by atoms with E-state index >= 15 is 0 Å². The fraction of sp³-hybridized carbons (Fsp3) is 0.381. The molecule has 4 rings (SSSR count). The molecule has 2 aliphatic rings. The van der Waals surface area contributed by atoms with E-state index in [1.54, 1.807) is 12.1 Å². The lowest BCUT2D eigenvalue weighted by Gasteiger charge is -2.39. The molecule has 1 amide bonds. The van der Waals surface area contributed by atoms with Gasteiger partial charge in [0.1, 0.15) is 5.82 Å². The molecule has 0 N–H and O–H groups in total. The van der Waals surface area contributed by atoms with Crippen LogP contribution in [0.2, 0.25) is 0 Å². The van der Waals surface area contributed by atoms with Crippen LogP contribution >= 0.6 is 11.8 Å². The van der Waals surface area contributed by atoms with Gasteiger partial charge in [-0.3, -0.25) is 4.79 Å². The van der Waals surface area contributed by atoms with Crippen LogP contribution in [-0.2, 0) is 4.79 Å². The predicted molar refractivity (Wildman–Crippen MR) is 109 cm³/mol. The first-order chi connectivity index (χ1) is 13.1. The van der Waals surface area contributed by atoms with Crippen LogP contribution in [-0.4, -0.2) is 55.3 Å². The minimum Gasteiger partial charge on any atom is -0.368 e. The highest BCUT2D eigenvalue weighted by molar-refractivity contribution is 8.00. The molecule has 2 aromatic rings. The number of anilines is 2. The summed E-state index contributed by atoms with van der Waals surface area (Å²) in [6, 6.07) is 14.9. The number of carbonyl (C=O) groups is 1. The summed E-state index contributed by atoms with van der Waals surface area (Å²) < 4.78 is 13.1. The minimum atomic E-state index is -0.221. The number of benzene rings is 2. The first kappa shape index (κ1) is 18.2. The third-order valence-electron chi connectivity index (χ3n) is 5.16. The number of hydrogen-bond acceptors (Lipinski definition) is 4. The van der Waals surface area contributed by atoms with E-state index in [0.29, 0.717) is 24.9 Å². The second kappa shape index (κ2) is 7.80. The Bertz CT molecular complexity index is 805. The van der Waals surface area contributed by atoms with Crippen molar-refractivity contribution in [1.82, 2.24) is 4.90 Å². The van der Waals surface area contributed by atoms with Gasteiger partial charge in [-0.1, -0.05) is 19.1 Å². The Morgan fingerprint density at radius 1 is 1.07 bits per heavy atom. The Labute approximate surface area is 163 Å². The standard InChI is InChI=1S/C21H24FN3OS/c1-16-14-25(19-4-2-3-5-20(19)27-16)15-21(26)24-12-10-23(11-13-24)18-8-6-17(22)7-9-18/h2-9,16H,10-15H2,1H3/t16-/m1/s1. The Morgan fingerprint density at radius 3 is 2.52 bits per heavy atom. The van der Waals surface area contributed by atoms with E-state index in [1.807, 2.05) is 22.7 Å². The van der Waals surface area contributed by atoms with E-state index in [0.717, 1.165) is 25.3 Å². The normalized spacial score (nSPS) is 19.8. The van der Waals surface area contributed by atoms with Crippen molar-refractivity contribution in [1.29, 1.82) is 0 Å². The van der Waals surface area contributed by atoms with Crippen molar-refractivity contribution in [3.63, 3.8) is 0 Å². The lowest BCUT2D eigenvalue weighted by Crippen LogP contribution is -2.52. The van der Waals surface area contributed by atoms with Crippen molar-refractivity contribution in [2.45, 2.75) is 17.1 Å². The molecule has 0 saturated carbocycles. The topological polar surface area (TPSA) is 26.8 Å².